The molecule has 2 aromatic carbocycles. The average Bonchev–Trinajstić information content (AvgIpc) is 3.14. The first-order chi connectivity index (χ1) is 16.4. The highest BCUT2D eigenvalue weighted by Gasteiger charge is 2.46. The summed E-state index contributed by atoms with van der Waals surface area (Å²) in [6.07, 6.45) is 7.51. The molecule has 1 spiro atoms. The normalized spacial score (nSPS) is 17.4. The fourth-order valence-corrected chi connectivity index (χ4v) is 5.32. The van der Waals surface area contributed by atoms with E-state index in [1.54, 1.807) is 29.2 Å². The molecule has 3 aromatic rings. The minimum absolute atomic E-state index is 0.137. The highest BCUT2D eigenvalue weighted by atomic mass is 35.5. The van der Waals surface area contributed by atoms with Crippen molar-refractivity contribution < 1.29 is 9.18 Å². The molecule has 2 aliphatic rings. The Bertz CT molecular complexity index is 1240. The van der Waals surface area contributed by atoms with Crippen molar-refractivity contribution in [2.75, 3.05) is 31.1 Å². The molecule has 0 N–H and O–H groups in total. The Morgan fingerprint density at radius 1 is 1.06 bits per heavy atom. The molecule has 1 saturated heterocycles. The van der Waals surface area contributed by atoms with E-state index < -0.39 is 0 Å². The molecule has 0 saturated carbocycles. The Hall–Kier alpha value is -2.73. The number of fused-ring (bicyclic) bond motifs is 2. The predicted octanol–water partition coefficient (Wildman–Crippen LogP) is 6.23. The summed E-state index contributed by atoms with van der Waals surface area (Å²) in [7, 11) is 0. The number of carbonyl (C=O) groups is 1. The highest BCUT2D eigenvalue weighted by Crippen LogP contribution is 2.47. The van der Waals surface area contributed by atoms with E-state index in [1.807, 2.05) is 24.3 Å². The van der Waals surface area contributed by atoms with E-state index in [4.69, 9.17) is 23.2 Å². The summed E-state index contributed by atoms with van der Waals surface area (Å²) in [5.41, 5.74) is 3.06. The number of benzene rings is 2. The number of piperidine rings is 1. The molecule has 1 fully saturated rings. The fraction of sp³-hybridized carbons (Fsp3) is 0.259. The zero-order chi connectivity index (χ0) is 23.7. The quantitative estimate of drug-likeness (QED) is 0.402. The van der Waals surface area contributed by atoms with Gasteiger partial charge in [0.15, 0.2) is 0 Å². The van der Waals surface area contributed by atoms with Crippen molar-refractivity contribution in [3.63, 3.8) is 0 Å². The van der Waals surface area contributed by atoms with Gasteiger partial charge in [-0.25, -0.2) is 9.37 Å². The van der Waals surface area contributed by atoms with E-state index in [0.29, 0.717) is 12.1 Å². The first-order valence-electron chi connectivity index (χ1n) is 11.3. The van der Waals surface area contributed by atoms with Crippen LogP contribution in [0.15, 0.2) is 66.9 Å². The number of pyridine rings is 1. The van der Waals surface area contributed by atoms with Crippen molar-refractivity contribution in [3.8, 4) is 0 Å². The van der Waals surface area contributed by atoms with E-state index >= 15 is 0 Å². The van der Waals surface area contributed by atoms with Gasteiger partial charge in [0.05, 0.1) is 0 Å². The first kappa shape index (κ1) is 23.0. The number of aromatic nitrogens is 1. The lowest BCUT2D eigenvalue weighted by atomic mass is 9.74. The standard InChI is InChI=1S/C27H24Cl2FN3O/c28-21-5-3-19(4-6-21)2-1-13-32-14-10-27(11-15-32)18-33(24-8-7-22(30)17-23(24)27)26(34)20-9-12-31-25(29)16-20/h1-9,12,16-17H,10-11,13-15,18H2. The van der Waals surface area contributed by atoms with Crippen molar-refractivity contribution in [3.05, 3.63) is 99.6 Å². The van der Waals surface area contributed by atoms with Crippen molar-refractivity contribution in [2.45, 2.75) is 18.3 Å². The number of halogens is 3. The predicted molar refractivity (Wildman–Crippen MR) is 135 cm³/mol. The molecule has 7 heteroatoms. The number of rotatable bonds is 4. The molecule has 0 atom stereocenters. The van der Waals surface area contributed by atoms with Crippen LogP contribution in [0.5, 0.6) is 0 Å². The van der Waals surface area contributed by atoms with E-state index in [-0.39, 0.29) is 22.3 Å². The number of likely N-dealkylation sites (tertiary alicyclic amines) is 1. The molecule has 2 aliphatic heterocycles. The third-order valence-electron chi connectivity index (χ3n) is 6.86. The minimum Gasteiger partial charge on any atom is -0.307 e. The van der Waals surface area contributed by atoms with Gasteiger partial charge in [0.25, 0.3) is 5.91 Å². The van der Waals surface area contributed by atoms with Gasteiger partial charge in [-0.15, -0.1) is 0 Å². The third kappa shape index (κ3) is 4.61. The van der Waals surface area contributed by atoms with E-state index in [1.165, 1.54) is 12.3 Å². The Morgan fingerprint density at radius 2 is 1.82 bits per heavy atom. The molecule has 5 rings (SSSR count). The lowest BCUT2D eigenvalue weighted by Crippen LogP contribution is -2.46. The fourth-order valence-electron chi connectivity index (χ4n) is 5.02. The third-order valence-corrected chi connectivity index (χ3v) is 7.32. The van der Waals surface area contributed by atoms with Crippen LogP contribution in [0.1, 0.15) is 34.3 Å². The van der Waals surface area contributed by atoms with Crippen LogP contribution in [0, 0.1) is 5.82 Å². The molecule has 4 nitrogen and oxygen atoms in total. The van der Waals surface area contributed by atoms with Gasteiger partial charge in [0.2, 0.25) is 0 Å². The van der Waals surface area contributed by atoms with Crippen LogP contribution in [-0.4, -0.2) is 42.0 Å². The number of nitrogens with zero attached hydrogens (tertiary/aromatic N) is 3. The molecular weight excluding hydrogens is 472 g/mol. The molecule has 3 heterocycles. The number of hydrogen-bond donors (Lipinski definition) is 0. The van der Waals surface area contributed by atoms with Gasteiger partial charge in [-0.3, -0.25) is 9.69 Å². The molecule has 34 heavy (non-hydrogen) atoms. The van der Waals surface area contributed by atoms with Crippen molar-refractivity contribution in [2.24, 2.45) is 0 Å². The Kier molecular flexibility index (Phi) is 6.43. The van der Waals surface area contributed by atoms with Crippen LogP contribution in [0.4, 0.5) is 10.1 Å². The second-order valence-electron chi connectivity index (χ2n) is 8.95. The monoisotopic (exact) mass is 495 g/mol. The van der Waals surface area contributed by atoms with Crippen LogP contribution in [0.25, 0.3) is 6.08 Å². The van der Waals surface area contributed by atoms with Gasteiger partial charge >= 0.3 is 0 Å². The van der Waals surface area contributed by atoms with Gasteiger partial charge in [-0.05, 0) is 79.5 Å². The van der Waals surface area contributed by atoms with Gasteiger partial charge in [-0.1, -0.05) is 47.5 Å². The van der Waals surface area contributed by atoms with Gasteiger partial charge in [-0.2, -0.15) is 0 Å². The smallest absolute Gasteiger partial charge is 0.258 e. The zero-order valence-electron chi connectivity index (χ0n) is 18.6. The molecule has 174 valence electrons. The summed E-state index contributed by atoms with van der Waals surface area (Å²) in [6.45, 7) is 3.14. The Labute approximate surface area is 208 Å². The maximum absolute atomic E-state index is 14.3. The number of carbonyl (C=O) groups excluding carboxylic acids is 1. The Balaban J connectivity index is 1.31. The number of hydrogen-bond acceptors (Lipinski definition) is 3. The topological polar surface area (TPSA) is 36.4 Å². The van der Waals surface area contributed by atoms with Crippen LogP contribution < -0.4 is 4.90 Å². The summed E-state index contributed by atoms with van der Waals surface area (Å²) < 4.78 is 14.3. The molecule has 1 aromatic heterocycles. The second kappa shape index (κ2) is 9.49. The first-order valence-corrected chi connectivity index (χ1v) is 12.1. The highest BCUT2D eigenvalue weighted by molar-refractivity contribution is 6.30. The maximum atomic E-state index is 14.3. The molecular formula is C27H24Cl2FN3O. The van der Waals surface area contributed by atoms with Crippen LogP contribution in [0.3, 0.4) is 0 Å². The van der Waals surface area contributed by atoms with Gasteiger partial charge in [0, 0.05) is 41.0 Å². The average molecular weight is 496 g/mol. The van der Waals surface area contributed by atoms with Crippen molar-refractivity contribution in [1.29, 1.82) is 0 Å². The summed E-state index contributed by atoms with van der Waals surface area (Å²) in [6, 6.07) is 15.8. The number of anilines is 1. The summed E-state index contributed by atoms with van der Waals surface area (Å²) >= 11 is 12.0. The SMILES string of the molecule is O=C(c1ccnc(Cl)c1)N1CC2(CCN(CC=Cc3ccc(Cl)cc3)CC2)c2cc(F)ccc21. The Morgan fingerprint density at radius 3 is 2.56 bits per heavy atom. The molecule has 0 aliphatic carbocycles. The second-order valence-corrected chi connectivity index (χ2v) is 9.78. The zero-order valence-corrected chi connectivity index (χ0v) is 20.1. The van der Waals surface area contributed by atoms with Crippen molar-refractivity contribution in [1.82, 2.24) is 9.88 Å². The van der Waals surface area contributed by atoms with Crippen LogP contribution in [0.2, 0.25) is 10.2 Å². The summed E-state index contributed by atoms with van der Waals surface area (Å²) in [4.78, 5) is 21.5. The van der Waals surface area contributed by atoms with Crippen molar-refractivity contribution >= 4 is 40.9 Å². The lowest BCUT2D eigenvalue weighted by molar-refractivity contribution is 0.0977. The van der Waals surface area contributed by atoms with Crippen LogP contribution in [-0.2, 0) is 5.41 Å². The molecule has 1 amide bonds. The number of amides is 1. The van der Waals surface area contributed by atoms with E-state index in [0.717, 1.165) is 54.3 Å². The molecule has 0 bridgehead atoms. The largest absolute Gasteiger partial charge is 0.307 e. The molecule has 0 unspecified atom stereocenters. The summed E-state index contributed by atoms with van der Waals surface area (Å²) in [5.74, 6) is -0.407. The van der Waals surface area contributed by atoms with Gasteiger partial charge in [0.1, 0.15) is 11.0 Å². The van der Waals surface area contributed by atoms with E-state index in [9.17, 15) is 9.18 Å². The van der Waals surface area contributed by atoms with E-state index in [2.05, 4.69) is 22.0 Å². The summed E-state index contributed by atoms with van der Waals surface area (Å²) in [5, 5.41) is 1.00. The molecule has 0 radical (unpaired) electrons. The van der Waals surface area contributed by atoms with Crippen LogP contribution >= 0.6 is 23.2 Å². The maximum Gasteiger partial charge on any atom is 0.258 e. The minimum atomic E-state index is -0.271. The van der Waals surface area contributed by atoms with Gasteiger partial charge < -0.3 is 4.90 Å². The lowest BCUT2D eigenvalue weighted by Gasteiger charge is -2.39.